The molecular formula is C13H13ClN2. The molecule has 0 fully saturated rings. The molecule has 0 spiro atoms. The Kier molecular flexibility index (Phi) is 3.52. The number of halogens is 1. The van der Waals surface area contributed by atoms with E-state index in [9.17, 15) is 0 Å². The Balaban J connectivity index is 2.20. The average Bonchev–Trinajstić information content (AvgIpc) is 2.39. The summed E-state index contributed by atoms with van der Waals surface area (Å²) in [5.74, 6) is 0.173. The highest BCUT2D eigenvalue weighted by atomic mass is 35.5. The van der Waals surface area contributed by atoms with Gasteiger partial charge >= 0.3 is 0 Å². The van der Waals surface area contributed by atoms with E-state index in [-0.39, 0.29) is 11.3 Å². The van der Waals surface area contributed by atoms with Crippen LogP contribution in [0, 0.1) is 0 Å². The molecule has 0 saturated carbocycles. The molecule has 0 aliphatic heterocycles. The molecule has 0 aromatic carbocycles. The molecule has 82 valence electrons. The van der Waals surface area contributed by atoms with Crippen molar-refractivity contribution in [1.82, 2.24) is 9.97 Å². The van der Waals surface area contributed by atoms with Crippen molar-refractivity contribution in [2.75, 3.05) is 0 Å². The third-order valence-electron chi connectivity index (χ3n) is 2.60. The Hall–Kier alpha value is -1.41. The van der Waals surface area contributed by atoms with Crippen molar-refractivity contribution in [2.45, 2.75) is 18.2 Å². The Morgan fingerprint density at radius 3 is 2.62 bits per heavy atom. The predicted molar refractivity (Wildman–Crippen MR) is 65.5 cm³/mol. The summed E-state index contributed by atoms with van der Waals surface area (Å²) in [5, 5.41) is -0.0939. The van der Waals surface area contributed by atoms with Crippen molar-refractivity contribution in [3.05, 3.63) is 60.2 Å². The fourth-order valence-electron chi connectivity index (χ4n) is 1.62. The van der Waals surface area contributed by atoms with Crippen LogP contribution in [-0.4, -0.2) is 9.97 Å². The molecule has 2 unspecified atom stereocenters. The highest BCUT2D eigenvalue weighted by Gasteiger charge is 2.19. The molecular weight excluding hydrogens is 220 g/mol. The number of hydrogen-bond acceptors (Lipinski definition) is 2. The van der Waals surface area contributed by atoms with Gasteiger partial charge in [-0.2, -0.15) is 0 Å². The maximum atomic E-state index is 6.41. The Morgan fingerprint density at radius 1 is 1.12 bits per heavy atom. The number of pyridine rings is 2. The molecule has 0 aliphatic rings. The van der Waals surface area contributed by atoms with Gasteiger partial charge in [-0.3, -0.25) is 9.97 Å². The monoisotopic (exact) mass is 232 g/mol. The molecule has 3 heteroatoms. The second kappa shape index (κ2) is 5.08. The second-order valence-electron chi connectivity index (χ2n) is 3.73. The van der Waals surface area contributed by atoms with Gasteiger partial charge in [0, 0.05) is 30.2 Å². The van der Waals surface area contributed by atoms with Gasteiger partial charge in [-0.25, -0.2) is 0 Å². The zero-order valence-electron chi connectivity index (χ0n) is 9.05. The number of alkyl halides is 1. The van der Waals surface area contributed by atoms with Gasteiger partial charge < -0.3 is 0 Å². The van der Waals surface area contributed by atoms with Crippen LogP contribution in [0.4, 0.5) is 0 Å². The molecule has 0 saturated heterocycles. The summed E-state index contributed by atoms with van der Waals surface area (Å²) in [6.07, 6.45) is 5.34. The normalized spacial score (nSPS) is 14.4. The maximum absolute atomic E-state index is 6.41. The smallest absolute Gasteiger partial charge is 0.0681 e. The molecule has 2 aromatic rings. The molecule has 0 amide bonds. The Labute approximate surface area is 100 Å². The van der Waals surface area contributed by atoms with Gasteiger partial charge in [0.25, 0.3) is 0 Å². The molecule has 2 rings (SSSR count). The lowest BCUT2D eigenvalue weighted by Gasteiger charge is -2.17. The zero-order chi connectivity index (χ0) is 11.4. The van der Waals surface area contributed by atoms with Crippen molar-refractivity contribution in [3.8, 4) is 0 Å². The van der Waals surface area contributed by atoms with Gasteiger partial charge in [-0.15, -0.1) is 11.6 Å². The van der Waals surface area contributed by atoms with Crippen LogP contribution in [0.15, 0.2) is 48.9 Å². The van der Waals surface area contributed by atoms with Crippen molar-refractivity contribution in [3.63, 3.8) is 0 Å². The van der Waals surface area contributed by atoms with Gasteiger partial charge in [0.05, 0.1) is 5.38 Å². The third kappa shape index (κ3) is 2.39. The van der Waals surface area contributed by atoms with E-state index in [0.717, 1.165) is 11.3 Å². The highest BCUT2D eigenvalue weighted by Crippen LogP contribution is 2.34. The fourth-order valence-corrected chi connectivity index (χ4v) is 1.88. The van der Waals surface area contributed by atoms with Crippen LogP contribution in [0.25, 0.3) is 0 Å². The molecule has 2 aromatic heterocycles. The van der Waals surface area contributed by atoms with Crippen LogP contribution >= 0.6 is 11.6 Å². The molecule has 0 N–H and O–H groups in total. The average molecular weight is 233 g/mol. The zero-order valence-corrected chi connectivity index (χ0v) is 9.80. The summed E-state index contributed by atoms with van der Waals surface area (Å²) in [5.41, 5.74) is 2.04. The fraction of sp³-hybridized carbons (Fsp3) is 0.231. The summed E-state index contributed by atoms with van der Waals surface area (Å²) in [7, 11) is 0. The minimum absolute atomic E-state index is 0.0939. The van der Waals surface area contributed by atoms with Crippen LogP contribution in [-0.2, 0) is 0 Å². The molecule has 2 nitrogen and oxygen atoms in total. The number of rotatable bonds is 3. The molecule has 0 bridgehead atoms. The minimum Gasteiger partial charge on any atom is -0.264 e. The summed E-state index contributed by atoms with van der Waals surface area (Å²) in [4.78, 5) is 8.40. The van der Waals surface area contributed by atoms with Crippen LogP contribution in [0.5, 0.6) is 0 Å². The lowest BCUT2D eigenvalue weighted by atomic mass is 9.98. The molecule has 0 aliphatic carbocycles. The maximum Gasteiger partial charge on any atom is 0.0681 e. The lowest BCUT2D eigenvalue weighted by molar-refractivity contribution is 0.704. The van der Waals surface area contributed by atoms with E-state index in [2.05, 4.69) is 16.9 Å². The standard InChI is InChI=1S/C13H13ClN2/c1-10(12-6-2-3-8-16-12)13(14)11-5-4-7-15-9-11/h2-10,13H,1H3. The van der Waals surface area contributed by atoms with Gasteiger partial charge in [-0.05, 0) is 23.8 Å². The Morgan fingerprint density at radius 2 is 2.00 bits per heavy atom. The van der Waals surface area contributed by atoms with Crippen molar-refractivity contribution in [2.24, 2.45) is 0 Å². The first-order valence-electron chi connectivity index (χ1n) is 5.24. The van der Waals surface area contributed by atoms with Gasteiger partial charge in [0.15, 0.2) is 0 Å². The lowest BCUT2D eigenvalue weighted by Crippen LogP contribution is -2.04. The molecule has 0 radical (unpaired) electrons. The van der Waals surface area contributed by atoms with Crippen molar-refractivity contribution >= 4 is 11.6 Å². The first kappa shape index (κ1) is 11.1. The third-order valence-corrected chi connectivity index (χ3v) is 3.23. The first-order valence-corrected chi connectivity index (χ1v) is 5.67. The number of hydrogen-bond donors (Lipinski definition) is 0. The van der Waals surface area contributed by atoms with Crippen LogP contribution in [0.3, 0.4) is 0 Å². The second-order valence-corrected chi connectivity index (χ2v) is 4.20. The summed E-state index contributed by atoms with van der Waals surface area (Å²) in [6, 6.07) is 9.77. The molecule has 16 heavy (non-hydrogen) atoms. The van der Waals surface area contributed by atoms with Gasteiger partial charge in [0.1, 0.15) is 0 Å². The number of aromatic nitrogens is 2. The highest BCUT2D eigenvalue weighted by molar-refractivity contribution is 6.21. The van der Waals surface area contributed by atoms with E-state index in [1.54, 1.807) is 18.6 Å². The SMILES string of the molecule is CC(c1ccccn1)C(Cl)c1cccnc1. The van der Waals surface area contributed by atoms with Crippen LogP contribution in [0.1, 0.15) is 29.5 Å². The summed E-state index contributed by atoms with van der Waals surface area (Å²) < 4.78 is 0. The molecule has 2 atom stereocenters. The molecule has 2 heterocycles. The first-order chi connectivity index (χ1) is 7.79. The van der Waals surface area contributed by atoms with E-state index >= 15 is 0 Å². The van der Waals surface area contributed by atoms with Crippen LogP contribution < -0.4 is 0 Å². The predicted octanol–water partition coefficient (Wildman–Crippen LogP) is 3.56. The van der Waals surface area contributed by atoms with Crippen molar-refractivity contribution < 1.29 is 0 Å². The summed E-state index contributed by atoms with van der Waals surface area (Å²) in [6.45, 7) is 2.08. The topological polar surface area (TPSA) is 25.8 Å². The van der Waals surface area contributed by atoms with E-state index in [0.29, 0.717) is 0 Å². The van der Waals surface area contributed by atoms with E-state index in [1.807, 2.05) is 30.3 Å². The largest absolute Gasteiger partial charge is 0.264 e. The number of nitrogens with zero attached hydrogens (tertiary/aromatic N) is 2. The quantitative estimate of drug-likeness (QED) is 0.757. The Bertz CT molecular complexity index is 387. The van der Waals surface area contributed by atoms with E-state index in [1.165, 1.54) is 0 Å². The van der Waals surface area contributed by atoms with E-state index in [4.69, 9.17) is 11.6 Å². The van der Waals surface area contributed by atoms with Crippen LogP contribution in [0.2, 0.25) is 0 Å². The summed E-state index contributed by atoms with van der Waals surface area (Å²) >= 11 is 6.41. The van der Waals surface area contributed by atoms with Gasteiger partial charge in [-0.1, -0.05) is 19.1 Å². The van der Waals surface area contributed by atoms with Crippen molar-refractivity contribution in [1.29, 1.82) is 0 Å². The van der Waals surface area contributed by atoms with Gasteiger partial charge in [0.2, 0.25) is 0 Å². The van der Waals surface area contributed by atoms with E-state index < -0.39 is 0 Å². The minimum atomic E-state index is -0.0939.